The lowest BCUT2D eigenvalue weighted by Crippen LogP contribution is -2.25. The van der Waals surface area contributed by atoms with Crippen molar-refractivity contribution in [2.75, 3.05) is 14.2 Å². The summed E-state index contributed by atoms with van der Waals surface area (Å²) in [4.78, 5) is 11.6. The predicted octanol–water partition coefficient (Wildman–Crippen LogP) is 1.93. The van der Waals surface area contributed by atoms with Gasteiger partial charge in [-0.15, -0.1) is 0 Å². The van der Waals surface area contributed by atoms with Crippen LogP contribution in [0.4, 0.5) is 0 Å². The fraction of sp³-hybridized carbons (Fsp3) is 0.417. The Bertz CT molecular complexity index is 336. The molecule has 1 N–H and O–H groups in total. The first-order chi connectivity index (χ1) is 7.24. The molecule has 0 aromatic heterocycles. The zero-order valence-electron chi connectivity index (χ0n) is 9.41. The number of rotatable bonds is 4. The van der Waals surface area contributed by atoms with Gasteiger partial charge in [0, 0.05) is 12.6 Å². The van der Waals surface area contributed by atoms with Gasteiger partial charge in [-0.2, -0.15) is 0 Å². The maximum Gasteiger partial charge on any atom is 0.227 e. The molecule has 82 valence electrons. The Morgan fingerprint density at radius 3 is 2.67 bits per heavy atom. The van der Waals surface area contributed by atoms with Crippen molar-refractivity contribution in [1.29, 1.82) is 0 Å². The maximum atomic E-state index is 11.6. The zero-order valence-corrected chi connectivity index (χ0v) is 9.41. The number of methoxy groups -OCH3 is 1. The smallest absolute Gasteiger partial charge is 0.227 e. The highest BCUT2D eigenvalue weighted by Crippen LogP contribution is 2.28. The molecule has 0 aliphatic rings. The SMILES string of the molecule is CCC(C(=O)NC)c1ccccc1OC. The third-order valence-electron chi connectivity index (χ3n) is 2.49. The Balaban J connectivity index is 3.05. The van der Waals surface area contributed by atoms with Gasteiger partial charge in [0.2, 0.25) is 5.91 Å². The van der Waals surface area contributed by atoms with E-state index in [0.29, 0.717) is 0 Å². The number of likely N-dealkylation sites (N-methyl/N-ethyl adjacent to an activating group) is 1. The molecule has 0 aliphatic carbocycles. The molecule has 1 rings (SSSR count). The van der Waals surface area contributed by atoms with Crippen LogP contribution in [0, 0.1) is 0 Å². The van der Waals surface area contributed by atoms with E-state index in [1.54, 1.807) is 14.2 Å². The van der Waals surface area contributed by atoms with Crippen LogP contribution < -0.4 is 10.1 Å². The number of carbonyl (C=O) groups is 1. The van der Waals surface area contributed by atoms with Gasteiger partial charge in [0.15, 0.2) is 0 Å². The van der Waals surface area contributed by atoms with Crippen LogP contribution in [0.2, 0.25) is 0 Å². The fourth-order valence-electron chi connectivity index (χ4n) is 1.68. The molecule has 0 saturated heterocycles. The topological polar surface area (TPSA) is 38.3 Å². The second kappa shape index (κ2) is 5.39. The number of benzene rings is 1. The number of amides is 1. The van der Waals surface area contributed by atoms with E-state index in [2.05, 4.69) is 5.32 Å². The summed E-state index contributed by atoms with van der Waals surface area (Å²) >= 11 is 0. The minimum absolute atomic E-state index is 0.0296. The number of para-hydroxylation sites is 1. The number of hydrogen-bond donors (Lipinski definition) is 1. The Hall–Kier alpha value is -1.51. The summed E-state index contributed by atoms with van der Waals surface area (Å²) in [6, 6.07) is 7.63. The van der Waals surface area contributed by atoms with Crippen molar-refractivity contribution in [3.8, 4) is 5.75 Å². The summed E-state index contributed by atoms with van der Waals surface area (Å²) in [6.45, 7) is 1.99. The predicted molar refractivity (Wildman–Crippen MR) is 60.1 cm³/mol. The fourth-order valence-corrected chi connectivity index (χ4v) is 1.68. The van der Waals surface area contributed by atoms with E-state index in [1.807, 2.05) is 31.2 Å². The lowest BCUT2D eigenvalue weighted by Gasteiger charge is -2.16. The molecule has 0 saturated carbocycles. The van der Waals surface area contributed by atoms with Crippen LogP contribution in [-0.2, 0) is 4.79 Å². The van der Waals surface area contributed by atoms with Crippen LogP contribution in [0.1, 0.15) is 24.8 Å². The number of carbonyl (C=O) groups excluding carboxylic acids is 1. The second-order valence-electron chi connectivity index (χ2n) is 3.32. The molecule has 1 unspecified atom stereocenters. The van der Waals surface area contributed by atoms with Gasteiger partial charge in [-0.05, 0) is 12.5 Å². The van der Waals surface area contributed by atoms with Crippen molar-refractivity contribution in [2.24, 2.45) is 0 Å². The van der Waals surface area contributed by atoms with Gasteiger partial charge in [-0.25, -0.2) is 0 Å². The van der Waals surface area contributed by atoms with Gasteiger partial charge in [0.05, 0.1) is 13.0 Å². The Labute approximate surface area is 90.4 Å². The van der Waals surface area contributed by atoms with E-state index in [9.17, 15) is 4.79 Å². The van der Waals surface area contributed by atoms with E-state index in [0.717, 1.165) is 17.7 Å². The van der Waals surface area contributed by atoms with Crippen molar-refractivity contribution >= 4 is 5.91 Å². The van der Waals surface area contributed by atoms with Crippen LogP contribution in [0.15, 0.2) is 24.3 Å². The monoisotopic (exact) mass is 207 g/mol. The van der Waals surface area contributed by atoms with Crippen molar-refractivity contribution in [2.45, 2.75) is 19.3 Å². The third kappa shape index (κ3) is 2.49. The summed E-state index contributed by atoms with van der Waals surface area (Å²) in [6.07, 6.45) is 0.764. The van der Waals surface area contributed by atoms with Crippen LogP contribution in [0.3, 0.4) is 0 Å². The van der Waals surface area contributed by atoms with E-state index in [-0.39, 0.29) is 11.8 Å². The molecule has 15 heavy (non-hydrogen) atoms. The molecule has 0 spiro atoms. The van der Waals surface area contributed by atoms with Gasteiger partial charge in [-0.1, -0.05) is 25.1 Å². The highest BCUT2D eigenvalue weighted by atomic mass is 16.5. The van der Waals surface area contributed by atoms with E-state index < -0.39 is 0 Å². The lowest BCUT2D eigenvalue weighted by atomic mass is 9.95. The Morgan fingerprint density at radius 2 is 2.13 bits per heavy atom. The largest absolute Gasteiger partial charge is 0.496 e. The summed E-state index contributed by atoms with van der Waals surface area (Å²) in [5, 5.41) is 2.67. The molecule has 1 atom stereocenters. The summed E-state index contributed by atoms with van der Waals surface area (Å²) in [5.41, 5.74) is 0.946. The molecular formula is C12H17NO2. The summed E-state index contributed by atoms with van der Waals surface area (Å²) in [5.74, 6) is 0.668. The van der Waals surface area contributed by atoms with Gasteiger partial charge in [0.1, 0.15) is 5.75 Å². The van der Waals surface area contributed by atoms with Crippen LogP contribution in [0.25, 0.3) is 0 Å². The van der Waals surface area contributed by atoms with Crippen LogP contribution >= 0.6 is 0 Å². The molecular weight excluding hydrogens is 190 g/mol. The molecule has 0 bridgehead atoms. The average Bonchev–Trinajstić information content (AvgIpc) is 2.30. The number of hydrogen-bond acceptors (Lipinski definition) is 2. The van der Waals surface area contributed by atoms with Gasteiger partial charge < -0.3 is 10.1 Å². The molecule has 0 fully saturated rings. The van der Waals surface area contributed by atoms with Crippen molar-refractivity contribution < 1.29 is 9.53 Å². The molecule has 1 amide bonds. The number of nitrogens with one attached hydrogen (secondary N) is 1. The Kier molecular flexibility index (Phi) is 4.16. The van der Waals surface area contributed by atoms with Gasteiger partial charge in [-0.3, -0.25) is 4.79 Å². The molecule has 3 heteroatoms. The highest BCUT2D eigenvalue weighted by Gasteiger charge is 2.20. The highest BCUT2D eigenvalue weighted by molar-refractivity contribution is 5.84. The molecule has 0 radical (unpaired) electrons. The third-order valence-corrected chi connectivity index (χ3v) is 2.49. The van der Waals surface area contributed by atoms with Crippen molar-refractivity contribution in [1.82, 2.24) is 5.32 Å². The normalized spacial score (nSPS) is 11.9. The molecule has 0 aliphatic heterocycles. The average molecular weight is 207 g/mol. The van der Waals surface area contributed by atoms with Gasteiger partial charge >= 0.3 is 0 Å². The quantitative estimate of drug-likeness (QED) is 0.819. The minimum Gasteiger partial charge on any atom is -0.496 e. The standard InChI is InChI=1S/C12H17NO2/c1-4-9(12(14)13-2)10-7-5-6-8-11(10)15-3/h5-9H,4H2,1-3H3,(H,13,14). The molecule has 3 nitrogen and oxygen atoms in total. The first-order valence-corrected chi connectivity index (χ1v) is 5.09. The summed E-state index contributed by atoms with van der Waals surface area (Å²) in [7, 11) is 3.27. The molecule has 0 heterocycles. The van der Waals surface area contributed by atoms with Gasteiger partial charge in [0.25, 0.3) is 0 Å². The summed E-state index contributed by atoms with van der Waals surface area (Å²) < 4.78 is 5.24. The molecule has 1 aromatic carbocycles. The van der Waals surface area contributed by atoms with Crippen molar-refractivity contribution in [3.05, 3.63) is 29.8 Å². The van der Waals surface area contributed by atoms with E-state index >= 15 is 0 Å². The first kappa shape index (κ1) is 11.6. The maximum absolute atomic E-state index is 11.6. The first-order valence-electron chi connectivity index (χ1n) is 5.09. The second-order valence-corrected chi connectivity index (χ2v) is 3.32. The van der Waals surface area contributed by atoms with Crippen LogP contribution in [0.5, 0.6) is 5.75 Å². The van der Waals surface area contributed by atoms with E-state index in [1.165, 1.54) is 0 Å². The van der Waals surface area contributed by atoms with E-state index in [4.69, 9.17) is 4.74 Å². The minimum atomic E-state index is -0.133. The Morgan fingerprint density at radius 1 is 1.47 bits per heavy atom. The molecule has 1 aromatic rings. The van der Waals surface area contributed by atoms with Crippen molar-refractivity contribution in [3.63, 3.8) is 0 Å². The lowest BCUT2D eigenvalue weighted by molar-refractivity contribution is -0.122. The van der Waals surface area contributed by atoms with Crippen LogP contribution in [-0.4, -0.2) is 20.1 Å². The number of ether oxygens (including phenoxy) is 1. The zero-order chi connectivity index (χ0) is 11.3.